The van der Waals surface area contributed by atoms with Crippen LogP contribution in [0.3, 0.4) is 0 Å². The third-order valence-electron chi connectivity index (χ3n) is 5.00. The molecule has 2 amide bonds. The third kappa shape index (κ3) is 5.03. The Labute approximate surface area is 184 Å². The van der Waals surface area contributed by atoms with Crippen LogP contribution in [-0.2, 0) is 16.0 Å². The van der Waals surface area contributed by atoms with Gasteiger partial charge in [-0.15, -0.1) is 5.10 Å². The molecule has 1 aliphatic rings. The van der Waals surface area contributed by atoms with Gasteiger partial charge in [0.15, 0.2) is 6.61 Å². The summed E-state index contributed by atoms with van der Waals surface area (Å²) in [4.78, 5) is 26.2. The number of aryl methyl sites for hydroxylation is 1. The zero-order chi connectivity index (χ0) is 21.8. The zero-order valence-electron chi connectivity index (χ0n) is 16.9. The van der Waals surface area contributed by atoms with E-state index in [-0.39, 0.29) is 30.9 Å². The molecule has 3 aromatic rings. The van der Waals surface area contributed by atoms with Crippen molar-refractivity contribution < 1.29 is 18.7 Å². The molecule has 1 saturated heterocycles. The van der Waals surface area contributed by atoms with E-state index in [9.17, 15) is 9.59 Å². The van der Waals surface area contributed by atoms with E-state index in [0.717, 1.165) is 12.1 Å². The number of nitrogens with one attached hydrogen (secondary N) is 1. The number of amides is 2. The lowest BCUT2D eigenvalue weighted by Gasteiger charge is -2.16. The van der Waals surface area contributed by atoms with Crippen molar-refractivity contribution in [2.75, 3.05) is 23.4 Å². The molecule has 0 aliphatic carbocycles. The standard InChI is InChI=1S/C22H21ClN4O4/c1-2-14-3-9-18(10-4-14)30-13-19(28)24-22-26-25-21(31-22)15-11-20(29)27(12-15)17-7-5-16(23)6-8-17/h3-10,15H,2,11-13H2,1H3,(H,24,26,28)/t15-/m1/s1. The van der Waals surface area contributed by atoms with Crippen LogP contribution in [0.25, 0.3) is 0 Å². The predicted molar refractivity (Wildman–Crippen MR) is 115 cm³/mol. The summed E-state index contributed by atoms with van der Waals surface area (Å²) < 4.78 is 11.0. The van der Waals surface area contributed by atoms with Crippen LogP contribution in [-0.4, -0.2) is 35.2 Å². The first-order chi connectivity index (χ1) is 15.0. The fraction of sp³-hybridized carbons (Fsp3) is 0.273. The Morgan fingerprint density at radius 3 is 2.65 bits per heavy atom. The first-order valence-corrected chi connectivity index (χ1v) is 10.3. The summed E-state index contributed by atoms with van der Waals surface area (Å²) in [6, 6.07) is 14.6. The summed E-state index contributed by atoms with van der Waals surface area (Å²) in [5, 5.41) is 11.0. The fourth-order valence-corrected chi connectivity index (χ4v) is 3.45. The Morgan fingerprint density at radius 2 is 1.94 bits per heavy atom. The molecule has 4 rings (SSSR count). The highest BCUT2D eigenvalue weighted by Crippen LogP contribution is 2.32. The van der Waals surface area contributed by atoms with Crippen molar-refractivity contribution >= 4 is 35.1 Å². The first kappa shape index (κ1) is 20.9. The molecule has 31 heavy (non-hydrogen) atoms. The van der Waals surface area contributed by atoms with Crippen LogP contribution in [0.15, 0.2) is 52.9 Å². The lowest BCUT2D eigenvalue weighted by molar-refractivity contribution is -0.118. The van der Waals surface area contributed by atoms with Crippen molar-refractivity contribution in [2.24, 2.45) is 0 Å². The van der Waals surface area contributed by atoms with Gasteiger partial charge in [-0.3, -0.25) is 14.9 Å². The fourth-order valence-electron chi connectivity index (χ4n) is 3.32. The maximum absolute atomic E-state index is 12.4. The second-order valence-corrected chi connectivity index (χ2v) is 7.60. The van der Waals surface area contributed by atoms with E-state index < -0.39 is 5.91 Å². The molecule has 8 nitrogen and oxygen atoms in total. The van der Waals surface area contributed by atoms with Gasteiger partial charge < -0.3 is 14.1 Å². The number of aromatic nitrogens is 2. The molecule has 1 fully saturated rings. The maximum Gasteiger partial charge on any atom is 0.322 e. The number of carbonyl (C=O) groups is 2. The molecule has 0 bridgehead atoms. The molecule has 1 atom stereocenters. The van der Waals surface area contributed by atoms with Gasteiger partial charge in [0.2, 0.25) is 11.8 Å². The summed E-state index contributed by atoms with van der Waals surface area (Å²) in [6.45, 7) is 2.29. The first-order valence-electron chi connectivity index (χ1n) is 9.92. The number of hydrogen-bond donors (Lipinski definition) is 1. The SMILES string of the molecule is CCc1ccc(OCC(=O)Nc2nnc([C@@H]3CC(=O)N(c4ccc(Cl)cc4)C3)o2)cc1. The minimum absolute atomic E-state index is 0.0256. The Bertz CT molecular complexity index is 1070. The smallest absolute Gasteiger partial charge is 0.322 e. The molecule has 0 saturated carbocycles. The molecular formula is C22H21ClN4O4. The van der Waals surface area contributed by atoms with Gasteiger partial charge in [0.1, 0.15) is 5.75 Å². The molecule has 1 aliphatic heterocycles. The molecule has 160 valence electrons. The summed E-state index contributed by atoms with van der Waals surface area (Å²) in [7, 11) is 0. The van der Waals surface area contributed by atoms with Gasteiger partial charge in [-0.05, 0) is 48.4 Å². The molecule has 2 aromatic carbocycles. The number of carbonyl (C=O) groups excluding carboxylic acids is 2. The lowest BCUT2D eigenvalue weighted by Crippen LogP contribution is -2.24. The number of nitrogens with zero attached hydrogens (tertiary/aromatic N) is 3. The number of benzene rings is 2. The summed E-state index contributed by atoms with van der Waals surface area (Å²) in [5.41, 5.74) is 1.95. The minimum Gasteiger partial charge on any atom is -0.484 e. The Kier molecular flexibility index (Phi) is 6.18. The quantitative estimate of drug-likeness (QED) is 0.599. The van der Waals surface area contributed by atoms with Crippen LogP contribution in [0.5, 0.6) is 5.75 Å². The van der Waals surface area contributed by atoms with Crippen LogP contribution in [0.2, 0.25) is 5.02 Å². The Balaban J connectivity index is 1.32. The average molecular weight is 441 g/mol. The van der Waals surface area contributed by atoms with E-state index >= 15 is 0 Å². The second kappa shape index (κ2) is 9.18. The van der Waals surface area contributed by atoms with Gasteiger partial charge in [-0.25, -0.2) is 0 Å². The van der Waals surface area contributed by atoms with E-state index in [1.807, 2.05) is 24.3 Å². The zero-order valence-corrected chi connectivity index (χ0v) is 17.6. The van der Waals surface area contributed by atoms with Gasteiger partial charge in [-0.2, -0.15) is 0 Å². The lowest BCUT2D eigenvalue weighted by atomic mass is 10.1. The highest BCUT2D eigenvalue weighted by Gasteiger charge is 2.35. The van der Waals surface area contributed by atoms with E-state index in [0.29, 0.717) is 23.2 Å². The van der Waals surface area contributed by atoms with E-state index in [2.05, 4.69) is 22.4 Å². The van der Waals surface area contributed by atoms with E-state index in [1.165, 1.54) is 5.56 Å². The summed E-state index contributed by atoms with van der Waals surface area (Å²) >= 11 is 5.91. The Hall–Kier alpha value is -3.39. The summed E-state index contributed by atoms with van der Waals surface area (Å²) in [5.74, 6) is 0.190. The van der Waals surface area contributed by atoms with Crippen LogP contribution < -0.4 is 15.0 Å². The highest BCUT2D eigenvalue weighted by atomic mass is 35.5. The number of hydrogen-bond acceptors (Lipinski definition) is 6. The molecule has 0 unspecified atom stereocenters. The van der Waals surface area contributed by atoms with Crippen LogP contribution in [0.1, 0.15) is 30.7 Å². The van der Waals surface area contributed by atoms with Crippen molar-refractivity contribution in [3.8, 4) is 5.75 Å². The maximum atomic E-state index is 12.4. The highest BCUT2D eigenvalue weighted by molar-refractivity contribution is 6.30. The normalized spacial score (nSPS) is 15.9. The van der Waals surface area contributed by atoms with Crippen molar-refractivity contribution in [1.29, 1.82) is 0 Å². The number of rotatable bonds is 7. The molecule has 2 heterocycles. The van der Waals surface area contributed by atoms with Crippen molar-refractivity contribution in [3.63, 3.8) is 0 Å². The summed E-state index contributed by atoms with van der Waals surface area (Å²) in [6.07, 6.45) is 1.18. The van der Waals surface area contributed by atoms with E-state index in [4.69, 9.17) is 20.8 Å². The van der Waals surface area contributed by atoms with Gasteiger partial charge in [-0.1, -0.05) is 35.8 Å². The Morgan fingerprint density at radius 1 is 1.19 bits per heavy atom. The number of anilines is 2. The molecule has 9 heteroatoms. The van der Waals surface area contributed by atoms with Gasteiger partial charge in [0.05, 0.1) is 5.92 Å². The van der Waals surface area contributed by atoms with E-state index in [1.54, 1.807) is 29.2 Å². The topological polar surface area (TPSA) is 97.6 Å². The number of ether oxygens (including phenoxy) is 1. The monoisotopic (exact) mass is 440 g/mol. The third-order valence-corrected chi connectivity index (χ3v) is 5.25. The predicted octanol–water partition coefficient (Wildman–Crippen LogP) is 3.82. The average Bonchev–Trinajstić information content (AvgIpc) is 3.40. The molecule has 0 spiro atoms. The number of halogens is 1. The van der Waals surface area contributed by atoms with Crippen molar-refractivity contribution in [3.05, 3.63) is 65.0 Å². The van der Waals surface area contributed by atoms with Crippen LogP contribution in [0, 0.1) is 0 Å². The molecular weight excluding hydrogens is 420 g/mol. The van der Waals surface area contributed by atoms with Crippen LogP contribution >= 0.6 is 11.6 Å². The van der Waals surface area contributed by atoms with Gasteiger partial charge in [0.25, 0.3) is 5.91 Å². The van der Waals surface area contributed by atoms with Gasteiger partial charge in [0, 0.05) is 23.7 Å². The second-order valence-electron chi connectivity index (χ2n) is 7.16. The minimum atomic E-state index is -0.417. The van der Waals surface area contributed by atoms with Crippen molar-refractivity contribution in [2.45, 2.75) is 25.7 Å². The molecule has 0 radical (unpaired) electrons. The molecule has 1 N–H and O–H groups in total. The van der Waals surface area contributed by atoms with Crippen molar-refractivity contribution in [1.82, 2.24) is 10.2 Å². The largest absolute Gasteiger partial charge is 0.484 e. The molecule has 1 aromatic heterocycles. The van der Waals surface area contributed by atoms with Crippen LogP contribution in [0.4, 0.5) is 11.7 Å². The van der Waals surface area contributed by atoms with Gasteiger partial charge >= 0.3 is 6.01 Å².